The van der Waals surface area contributed by atoms with Gasteiger partial charge in [0, 0.05) is 11.8 Å². The van der Waals surface area contributed by atoms with Crippen molar-refractivity contribution >= 4 is 11.0 Å². The molecule has 16 heavy (non-hydrogen) atoms. The zero-order valence-electron chi connectivity index (χ0n) is 9.12. The molecule has 0 bridgehead atoms. The van der Waals surface area contributed by atoms with Crippen molar-refractivity contribution in [3.63, 3.8) is 0 Å². The summed E-state index contributed by atoms with van der Waals surface area (Å²) < 4.78 is 5.72. The monoisotopic (exact) mass is 219 g/mol. The summed E-state index contributed by atoms with van der Waals surface area (Å²) in [4.78, 5) is 0. The van der Waals surface area contributed by atoms with Gasteiger partial charge in [-0.1, -0.05) is 32.9 Å². The van der Waals surface area contributed by atoms with Gasteiger partial charge >= 0.3 is 0 Å². The van der Waals surface area contributed by atoms with Gasteiger partial charge in [-0.25, -0.2) is 0 Å². The Kier molecular flexibility index (Phi) is 4.56. The third-order valence-electron chi connectivity index (χ3n) is 2.56. The average Bonchev–Trinajstić information content (AvgIpc) is 2.60. The van der Waals surface area contributed by atoms with E-state index in [4.69, 9.17) is 10.2 Å². The van der Waals surface area contributed by atoms with Crippen molar-refractivity contribution in [2.75, 3.05) is 6.54 Å². The maximum Gasteiger partial charge on any atom is 0.134 e. The number of rotatable bonds is 4. The highest BCUT2D eigenvalue weighted by molar-refractivity contribution is 5.78. The number of nitrogens with two attached hydrogens (primary N) is 1. The van der Waals surface area contributed by atoms with Gasteiger partial charge < -0.3 is 10.2 Å². The maximum absolute atomic E-state index is 5.72. The lowest BCUT2D eigenvalue weighted by atomic mass is 10.1. The van der Waals surface area contributed by atoms with E-state index in [1.54, 1.807) is 0 Å². The Morgan fingerprint density at radius 3 is 2.69 bits per heavy atom. The maximum atomic E-state index is 5.72. The Morgan fingerprint density at radius 1 is 1.19 bits per heavy atom. The fourth-order valence-electron chi connectivity index (χ4n) is 1.84. The van der Waals surface area contributed by atoms with Crippen LogP contribution >= 0.6 is 0 Å². The first-order valence-electron chi connectivity index (χ1n) is 5.55. The molecule has 2 aromatic rings. The fraction of sp³-hybridized carbons (Fsp3) is 0.429. The first kappa shape index (κ1) is 12.8. The van der Waals surface area contributed by atoms with Crippen LogP contribution in [-0.4, -0.2) is 6.54 Å². The van der Waals surface area contributed by atoms with Gasteiger partial charge in [0.1, 0.15) is 11.3 Å². The van der Waals surface area contributed by atoms with E-state index in [9.17, 15) is 0 Å². The lowest BCUT2D eigenvalue weighted by molar-refractivity contribution is 0.550. The van der Waals surface area contributed by atoms with Gasteiger partial charge in [-0.2, -0.15) is 0 Å². The van der Waals surface area contributed by atoms with E-state index in [2.05, 4.69) is 31.2 Å². The van der Waals surface area contributed by atoms with Crippen LogP contribution in [0.2, 0.25) is 0 Å². The largest absolute Gasteiger partial charge is 0.461 e. The summed E-state index contributed by atoms with van der Waals surface area (Å²) in [5, 5.41) is 1.18. The highest BCUT2D eigenvalue weighted by Gasteiger charge is 2.03. The van der Waals surface area contributed by atoms with Crippen LogP contribution in [0.4, 0.5) is 0 Å². The van der Waals surface area contributed by atoms with Gasteiger partial charge in [0.05, 0.1) is 0 Å². The van der Waals surface area contributed by atoms with Crippen LogP contribution in [0.25, 0.3) is 11.0 Å². The number of benzene rings is 1. The lowest BCUT2D eigenvalue weighted by Crippen LogP contribution is -2.01. The van der Waals surface area contributed by atoms with Gasteiger partial charge in [-0.05, 0) is 30.7 Å². The topological polar surface area (TPSA) is 39.2 Å². The number of hydrogen-bond acceptors (Lipinski definition) is 2. The molecule has 0 aliphatic carbocycles. The number of aryl methyl sites for hydroxylation is 1. The van der Waals surface area contributed by atoms with Crippen LogP contribution in [0.1, 0.15) is 32.1 Å². The van der Waals surface area contributed by atoms with Crippen molar-refractivity contribution in [1.82, 2.24) is 0 Å². The van der Waals surface area contributed by atoms with Crippen molar-refractivity contribution in [2.24, 2.45) is 5.73 Å². The minimum absolute atomic E-state index is 0. The molecule has 2 N–H and O–H groups in total. The van der Waals surface area contributed by atoms with Gasteiger partial charge in [0.25, 0.3) is 0 Å². The summed E-state index contributed by atoms with van der Waals surface area (Å²) in [5.41, 5.74) is 7.84. The van der Waals surface area contributed by atoms with Crippen LogP contribution in [-0.2, 0) is 12.8 Å². The molecule has 2 nitrogen and oxygen atoms in total. The molecule has 0 spiro atoms. The normalized spacial score (nSPS) is 10.4. The summed E-state index contributed by atoms with van der Waals surface area (Å²) in [6, 6.07) is 8.52. The SMILES string of the molecule is C.CCCc1ccc2cc(CCN)oc2c1. The Labute approximate surface area is 97.4 Å². The summed E-state index contributed by atoms with van der Waals surface area (Å²) in [6.45, 7) is 2.83. The molecule has 0 unspecified atom stereocenters. The first-order valence-corrected chi connectivity index (χ1v) is 5.55. The second-order valence-electron chi connectivity index (χ2n) is 3.87. The van der Waals surface area contributed by atoms with Crippen molar-refractivity contribution in [1.29, 1.82) is 0 Å². The van der Waals surface area contributed by atoms with Gasteiger partial charge in [0.2, 0.25) is 0 Å². The lowest BCUT2D eigenvalue weighted by Gasteiger charge is -1.96. The molecule has 0 saturated heterocycles. The van der Waals surface area contributed by atoms with E-state index < -0.39 is 0 Å². The number of hydrogen-bond donors (Lipinski definition) is 1. The van der Waals surface area contributed by atoms with Crippen LogP contribution in [0.15, 0.2) is 28.7 Å². The molecule has 88 valence electrons. The third kappa shape index (κ3) is 2.64. The van der Waals surface area contributed by atoms with Gasteiger partial charge in [-0.3, -0.25) is 0 Å². The van der Waals surface area contributed by atoms with E-state index in [0.29, 0.717) is 6.54 Å². The van der Waals surface area contributed by atoms with Crippen LogP contribution < -0.4 is 5.73 Å². The second-order valence-corrected chi connectivity index (χ2v) is 3.87. The van der Waals surface area contributed by atoms with Crippen molar-refractivity contribution < 1.29 is 4.42 Å². The fourth-order valence-corrected chi connectivity index (χ4v) is 1.84. The molecule has 0 saturated carbocycles. The molecule has 0 amide bonds. The summed E-state index contributed by atoms with van der Waals surface area (Å²) >= 11 is 0. The highest BCUT2D eigenvalue weighted by atomic mass is 16.3. The average molecular weight is 219 g/mol. The Bertz CT molecular complexity index is 441. The smallest absolute Gasteiger partial charge is 0.134 e. The highest BCUT2D eigenvalue weighted by Crippen LogP contribution is 2.21. The second kappa shape index (κ2) is 5.71. The quantitative estimate of drug-likeness (QED) is 0.854. The van der Waals surface area contributed by atoms with Crippen LogP contribution in [0, 0.1) is 0 Å². The summed E-state index contributed by atoms with van der Waals surface area (Å²) in [5.74, 6) is 0.987. The van der Waals surface area contributed by atoms with Gasteiger partial charge in [0.15, 0.2) is 0 Å². The molecular formula is C14H21NO. The van der Waals surface area contributed by atoms with Crippen LogP contribution in [0.3, 0.4) is 0 Å². The van der Waals surface area contributed by atoms with Crippen molar-refractivity contribution in [3.8, 4) is 0 Å². The van der Waals surface area contributed by atoms with E-state index in [-0.39, 0.29) is 7.43 Å². The molecule has 0 aliphatic heterocycles. The third-order valence-corrected chi connectivity index (χ3v) is 2.56. The van der Waals surface area contributed by atoms with E-state index in [1.807, 2.05) is 0 Å². The molecule has 2 rings (SSSR count). The summed E-state index contributed by atoms with van der Waals surface area (Å²) in [7, 11) is 0. The predicted octanol–water partition coefficient (Wildman–Crippen LogP) is 3.52. The molecule has 0 fully saturated rings. The Hall–Kier alpha value is -1.28. The molecule has 1 heterocycles. The van der Waals surface area contributed by atoms with E-state index in [1.165, 1.54) is 17.4 Å². The zero-order valence-corrected chi connectivity index (χ0v) is 9.12. The number of fused-ring (bicyclic) bond motifs is 1. The molecule has 0 radical (unpaired) electrons. The van der Waals surface area contributed by atoms with Crippen LogP contribution in [0.5, 0.6) is 0 Å². The first-order chi connectivity index (χ1) is 7.33. The molecular weight excluding hydrogens is 198 g/mol. The minimum atomic E-state index is 0. The van der Waals surface area contributed by atoms with Crippen molar-refractivity contribution in [2.45, 2.75) is 33.6 Å². The molecule has 1 aromatic heterocycles. The predicted molar refractivity (Wildman–Crippen MR) is 69.7 cm³/mol. The standard InChI is InChI=1S/C13H17NO.CH4/c1-2-3-10-4-5-11-9-12(6-7-14)15-13(11)8-10;/h4-5,8-9H,2-3,6-7,14H2,1H3;1H4. The minimum Gasteiger partial charge on any atom is -0.461 e. The van der Waals surface area contributed by atoms with Crippen molar-refractivity contribution in [3.05, 3.63) is 35.6 Å². The van der Waals surface area contributed by atoms with E-state index >= 15 is 0 Å². The molecule has 0 atom stereocenters. The van der Waals surface area contributed by atoms with E-state index in [0.717, 1.165) is 24.2 Å². The summed E-state index contributed by atoms with van der Waals surface area (Å²) in [6.07, 6.45) is 3.10. The molecule has 1 aromatic carbocycles. The Morgan fingerprint density at radius 2 is 2.00 bits per heavy atom. The zero-order chi connectivity index (χ0) is 10.7. The van der Waals surface area contributed by atoms with Gasteiger partial charge in [-0.15, -0.1) is 0 Å². The molecule has 0 aliphatic rings. The number of furan rings is 1. The Balaban J connectivity index is 0.00000128. The molecule has 2 heteroatoms.